The second kappa shape index (κ2) is 10.6. The molecule has 0 radical (unpaired) electrons. The number of nitrogens with one attached hydrogen (secondary N) is 1. The second-order valence-corrected chi connectivity index (χ2v) is 6.49. The minimum Gasteiger partial charge on any atom is -0.389 e. The van der Waals surface area contributed by atoms with Crippen molar-refractivity contribution in [3.63, 3.8) is 0 Å². The highest BCUT2D eigenvalue weighted by atomic mass is 16.5. The smallest absolute Gasteiger partial charge is 0.0897 e. The predicted molar refractivity (Wildman–Crippen MR) is 82.4 cm³/mol. The molecule has 0 rings (SSSR count). The van der Waals surface area contributed by atoms with E-state index in [0.29, 0.717) is 25.1 Å². The Balaban J connectivity index is 3.66. The van der Waals surface area contributed by atoms with Crippen LogP contribution in [-0.4, -0.2) is 36.5 Å². The summed E-state index contributed by atoms with van der Waals surface area (Å²) in [6.45, 7) is 14.2. The lowest BCUT2D eigenvalue weighted by atomic mass is 10.0. The van der Waals surface area contributed by atoms with Gasteiger partial charge in [-0.2, -0.15) is 0 Å². The molecule has 2 N–H and O–H groups in total. The molecule has 0 heterocycles. The van der Waals surface area contributed by atoms with Crippen molar-refractivity contribution in [2.45, 2.75) is 79.1 Å². The molecule has 0 aliphatic carbocycles. The van der Waals surface area contributed by atoms with E-state index in [9.17, 15) is 5.11 Å². The van der Waals surface area contributed by atoms with Gasteiger partial charge in [-0.25, -0.2) is 0 Å². The molecule has 19 heavy (non-hydrogen) atoms. The average Bonchev–Trinajstić information content (AvgIpc) is 2.32. The van der Waals surface area contributed by atoms with Crippen LogP contribution in [0.4, 0.5) is 0 Å². The van der Waals surface area contributed by atoms with Gasteiger partial charge < -0.3 is 15.2 Å². The second-order valence-electron chi connectivity index (χ2n) is 6.49. The van der Waals surface area contributed by atoms with Crippen molar-refractivity contribution in [1.82, 2.24) is 5.32 Å². The summed E-state index contributed by atoms with van der Waals surface area (Å²) in [6.07, 6.45) is 3.24. The molecule has 0 spiro atoms. The van der Waals surface area contributed by atoms with Crippen LogP contribution in [0.1, 0.15) is 60.8 Å². The zero-order valence-electron chi connectivity index (χ0n) is 13.8. The summed E-state index contributed by atoms with van der Waals surface area (Å²) in [5, 5.41) is 13.3. The van der Waals surface area contributed by atoms with Gasteiger partial charge in [-0.1, -0.05) is 34.1 Å². The van der Waals surface area contributed by atoms with Crippen LogP contribution in [-0.2, 0) is 4.74 Å². The molecular formula is C16H35NO2. The van der Waals surface area contributed by atoms with Crippen LogP contribution in [0.2, 0.25) is 0 Å². The molecule has 0 aromatic rings. The Morgan fingerprint density at radius 2 is 1.68 bits per heavy atom. The van der Waals surface area contributed by atoms with Crippen molar-refractivity contribution >= 4 is 0 Å². The van der Waals surface area contributed by atoms with E-state index in [0.717, 1.165) is 18.8 Å². The monoisotopic (exact) mass is 273 g/mol. The fourth-order valence-electron chi connectivity index (χ4n) is 2.26. The summed E-state index contributed by atoms with van der Waals surface area (Å²) in [6, 6.07) is 0.456. The number of hydrogen-bond acceptors (Lipinski definition) is 3. The molecule has 0 aliphatic heterocycles. The Labute approximate surface area is 120 Å². The number of hydrogen-bond donors (Lipinski definition) is 2. The molecule has 0 fully saturated rings. The predicted octanol–water partition coefficient (Wildman–Crippen LogP) is 3.21. The van der Waals surface area contributed by atoms with Crippen molar-refractivity contribution < 1.29 is 9.84 Å². The largest absolute Gasteiger partial charge is 0.389 e. The fraction of sp³-hybridized carbons (Fsp3) is 1.00. The van der Waals surface area contributed by atoms with Crippen LogP contribution in [0.3, 0.4) is 0 Å². The van der Waals surface area contributed by atoms with E-state index in [1.807, 2.05) is 0 Å². The van der Waals surface area contributed by atoms with E-state index in [1.165, 1.54) is 6.42 Å². The molecule has 3 nitrogen and oxygen atoms in total. The van der Waals surface area contributed by atoms with Gasteiger partial charge >= 0.3 is 0 Å². The van der Waals surface area contributed by atoms with Gasteiger partial charge in [-0.3, -0.25) is 0 Å². The van der Waals surface area contributed by atoms with Crippen LogP contribution >= 0.6 is 0 Å². The van der Waals surface area contributed by atoms with Gasteiger partial charge in [0.1, 0.15) is 0 Å². The van der Waals surface area contributed by atoms with Gasteiger partial charge in [-0.05, 0) is 38.5 Å². The van der Waals surface area contributed by atoms with Crippen LogP contribution in [0, 0.1) is 11.8 Å². The van der Waals surface area contributed by atoms with Crippen LogP contribution < -0.4 is 5.32 Å². The van der Waals surface area contributed by atoms with E-state index in [2.05, 4.69) is 46.9 Å². The number of ether oxygens (including phenoxy) is 1. The minimum atomic E-state index is -0.408. The zero-order chi connectivity index (χ0) is 14.8. The third-order valence-electron chi connectivity index (χ3n) is 3.53. The molecule has 0 aromatic heterocycles. The van der Waals surface area contributed by atoms with E-state index in [1.54, 1.807) is 0 Å². The first kappa shape index (κ1) is 18.9. The Kier molecular flexibility index (Phi) is 10.6. The summed E-state index contributed by atoms with van der Waals surface area (Å²) >= 11 is 0. The molecule has 4 unspecified atom stereocenters. The summed E-state index contributed by atoms with van der Waals surface area (Å²) in [5.41, 5.74) is 0. The molecule has 3 heteroatoms. The molecular weight excluding hydrogens is 238 g/mol. The highest BCUT2D eigenvalue weighted by Crippen LogP contribution is 2.10. The standard InChI is InChI=1S/C16H35NO2/c1-7-13(4)9-14(5)17-10-16(18)11-19-15(6)8-12(2)3/h12-18H,7-11H2,1-6H3. The lowest BCUT2D eigenvalue weighted by molar-refractivity contribution is -0.00928. The quantitative estimate of drug-likeness (QED) is 0.607. The van der Waals surface area contributed by atoms with Crippen molar-refractivity contribution in [2.24, 2.45) is 11.8 Å². The lowest BCUT2D eigenvalue weighted by Crippen LogP contribution is -2.37. The van der Waals surface area contributed by atoms with Crippen molar-refractivity contribution in [1.29, 1.82) is 0 Å². The number of rotatable bonds is 11. The van der Waals surface area contributed by atoms with Crippen LogP contribution in [0.5, 0.6) is 0 Å². The highest BCUT2D eigenvalue weighted by Gasteiger charge is 2.12. The number of aliphatic hydroxyl groups excluding tert-OH is 1. The molecule has 0 bridgehead atoms. The van der Waals surface area contributed by atoms with Crippen LogP contribution in [0.25, 0.3) is 0 Å². The van der Waals surface area contributed by atoms with Gasteiger partial charge in [0.2, 0.25) is 0 Å². The van der Waals surface area contributed by atoms with E-state index in [-0.39, 0.29) is 6.10 Å². The van der Waals surface area contributed by atoms with Crippen molar-refractivity contribution in [2.75, 3.05) is 13.2 Å². The first-order chi connectivity index (χ1) is 8.85. The molecule has 4 atom stereocenters. The lowest BCUT2D eigenvalue weighted by Gasteiger charge is -2.21. The Bertz CT molecular complexity index is 209. The summed E-state index contributed by atoms with van der Waals surface area (Å²) in [4.78, 5) is 0. The van der Waals surface area contributed by atoms with Gasteiger partial charge in [0.25, 0.3) is 0 Å². The van der Waals surface area contributed by atoms with Crippen molar-refractivity contribution in [3.05, 3.63) is 0 Å². The van der Waals surface area contributed by atoms with Gasteiger partial charge in [0, 0.05) is 12.6 Å². The molecule has 0 aliphatic rings. The molecule has 116 valence electrons. The molecule has 0 amide bonds. The number of aliphatic hydroxyl groups is 1. The van der Waals surface area contributed by atoms with Crippen molar-refractivity contribution in [3.8, 4) is 0 Å². The molecule has 0 aromatic carbocycles. The highest BCUT2D eigenvalue weighted by molar-refractivity contribution is 4.68. The molecule has 0 saturated heterocycles. The molecule has 0 saturated carbocycles. The Morgan fingerprint density at radius 3 is 2.21 bits per heavy atom. The Hall–Kier alpha value is -0.120. The van der Waals surface area contributed by atoms with E-state index < -0.39 is 6.10 Å². The van der Waals surface area contributed by atoms with Gasteiger partial charge in [0.05, 0.1) is 18.8 Å². The minimum absolute atomic E-state index is 0.229. The third kappa shape index (κ3) is 11.4. The first-order valence-electron chi connectivity index (χ1n) is 7.88. The fourth-order valence-corrected chi connectivity index (χ4v) is 2.26. The normalized spacial score (nSPS) is 18.3. The van der Waals surface area contributed by atoms with Gasteiger partial charge in [-0.15, -0.1) is 0 Å². The summed E-state index contributed by atoms with van der Waals surface area (Å²) in [7, 11) is 0. The maximum Gasteiger partial charge on any atom is 0.0897 e. The third-order valence-corrected chi connectivity index (χ3v) is 3.53. The Morgan fingerprint density at radius 1 is 1.05 bits per heavy atom. The summed E-state index contributed by atoms with van der Waals surface area (Å²) < 4.78 is 5.66. The van der Waals surface area contributed by atoms with Crippen LogP contribution in [0.15, 0.2) is 0 Å². The van der Waals surface area contributed by atoms with Gasteiger partial charge in [0.15, 0.2) is 0 Å². The average molecular weight is 273 g/mol. The summed E-state index contributed by atoms with van der Waals surface area (Å²) in [5.74, 6) is 1.38. The maximum atomic E-state index is 9.88. The first-order valence-corrected chi connectivity index (χ1v) is 7.88. The SMILES string of the molecule is CCC(C)CC(C)NCC(O)COC(C)CC(C)C. The van der Waals surface area contributed by atoms with E-state index in [4.69, 9.17) is 4.74 Å². The maximum absolute atomic E-state index is 9.88. The topological polar surface area (TPSA) is 41.5 Å². The van der Waals surface area contributed by atoms with E-state index >= 15 is 0 Å². The zero-order valence-corrected chi connectivity index (χ0v) is 13.8.